The number of ether oxygens (including phenoxy) is 1. The van der Waals surface area contributed by atoms with E-state index in [9.17, 15) is 4.21 Å². The van der Waals surface area contributed by atoms with Gasteiger partial charge in [0.25, 0.3) is 0 Å². The molecule has 5 heteroatoms. The Balaban J connectivity index is 0.00000162. The van der Waals surface area contributed by atoms with Gasteiger partial charge in [0.2, 0.25) is 0 Å². The van der Waals surface area contributed by atoms with E-state index < -0.39 is 10.8 Å². The van der Waals surface area contributed by atoms with Crippen molar-refractivity contribution in [2.45, 2.75) is 23.3 Å². The fourth-order valence-corrected chi connectivity index (χ4v) is 3.70. The van der Waals surface area contributed by atoms with E-state index in [1.807, 2.05) is 30.3 Å². The van der Waals surface area contributed by atoms with Crippen molar-refractivity contribution < 1.29 is 8.95 Å². The van der Waals surface area contributed by atoms with Crippen molar-refractivity contribution in [1.29, 1.82) is 0 Å². The number of hydrogen-bond acceptors (Lipinski definition) is 4. The van der Waals surface area contributed by atoms with Crippen molar-refractivity contribution in [3.8, 4) is 0 Å². The van der Waals surface area contributed by atoms with Crippen LogP contribution in [0.15, 0.2) is 35.2 Å². The molecule has 4 nitrogen and oxygen atoms in total. The zero-order chi connectivity index (χ0) is 12.1. The molecule has 0 radical (unpaired) electrons. The van der Waals surface area contributed by atoms with Crippen molar-refractivity contribution in [2.24, 2.45) is 0 Å². The van der Waals surface area contributed by atoms with E-state index >= 15 is 0 Å². The van der Waals surface area contributed by atoms with Crippen LogP contribution < -0.4 is 11.5 Å². The van der Waals surface area contributed by atoms with Gasteiger partial charge in [-0.15, -0.1) is 0 Å². The molecule has 1 aliphatic heterocycles. The molecular formula is C13H22N2O2S. The molecule has 0 spiro atoms. The van der Waals surface area contributed by atoms with Gasteiger partial charge in [0, 0.05) is 12.0 Å². The van der Waals surface area contributed by atoms with Crippen LogP contribution in [0.1, 0.15) is 12.8 Å². The van der Waals surface area contributed by atoms with E-state index in [4.69, 9.17) is 4.74 Å². The van der Waals surface area contributed by atoms with Gasteiger partial charge >= 0.3 is 0 Å². The Kier molecular flexibility index (Phi) is 5.95. The quantitative estimate of drug-likeness (QED) is 0.874. The van der Waals surface area contributed by atoms with Crippen LogP contribution in [-0.2, 0) is 15.5 Å². The van der Waals surface area contributed by atoms with Gasteiger partial charge in [-0.2, -0.15) is 0 Å². The molecule has 0 aliphatic carbocycles. The van der Waals surface area contributed by atoms with Crippen LogP contribution in [0.25, 0.3) is 0 Å². The SMILES string of the molecule is COC1(CS(=O)c2ccccc2)CCNCC1.N. The largest absolute Gasteiger partial charge is 0.377 e. The first kappa shape index (κ1) is 15.3. The normalized spacial score (nSPS) is 19.8. The first-order valence-corrected chi connectivity index (χ1v) is 7.27. The molecule has 4 N–H and O–H groups in total. The smallest absolute Gasteiger partial charge is 0.0821 e. The Morgan fingerprint density at radius 2 is 1.89 bits per heavy atom. The molecule has 1 fully saturated rings. The molecule has 2 rings (SSSR count). The van der Waals surface area contributed by atoms with Crippen molar-refractivity contribution in [3.63, 3.8) is 0 Å². The Morgan fingerprint density at radius 1 is 1.28 bits per heavy atom. The molecule has 0 saturated carbocycles. The summed E-state index contributed by atoms with van der Waals surface area (Å²) in [5.74, 6) is 0.592. The maximum absolute atomic E-state index is 12.3. The van der Waals surface area contributed by atoms with Crippen LogP contribution in [0.5, 0.6) is 0 Å². The Hall–Kier alpha value is -0.750. The topological polar surface area (TPSA) is 73.3 Å². The Labute approximate surface area is 111 Å². The number of nitrogens with one attached hydrogen (secondary N) is 1. The standard InChI is InChI=1S/C13H19NO2S.H3N/c1-16-13(7-9-14-10-8-13)11-17(15)12-5-3-2-4-6-12;/h2-6,14H,7-11H2,1H3;1H3. The second-order valence-corrected chi connectivity index (χ2v) is 5.89. The van der Waals surface area contributed by atoms with Gasteiger partial charge in [-0.05, 0) is 38.1 Å². The molecule has 0 aromatic heterocycles. The monoisotopic (exact) mass is 270 g/mol. The van der Waals surface area contributed by atoms with Gasteiger partial charge in [-0.1, -0.05) is 18.2 Å². The van der Waals surface area contributed by atoms with Gasteiger partial charge in [0.1, 0.15) is 0 Å². The molecule has 1 heterocycles. The summed E-state index contributed by atoms with van der Waals surface area (Å²) in [6, 6.07) is 9.63. The van der Waals surface area contributed by atoms with Crippen LogP contribution >= 0.6 is 0 Å². The summed E-state index contributed by atoms with van der Waals surface area (Å²) >= 11 is 0. The molecule has 1 atom stereocenters. The van der Waals surface area contributed by atoms with Crippen LogP contribution in [-0.4, -0.2) is 35.8 Å². The summed E-state index contributed by atoms with van der Waals surface area (Å²) in [7, 11) is 0.757. The zero-order valence-electron chi connectivity index (χ0n) is 10.9. The number of piperidine rings is 1. The van der Waals surface area contributed by atoms with Crippen molar-refractivity contribution >= 4 is 10.8 Å². The predicted molar refractivity (Wildman–Crippen MR) is 74.6 cm³/mol. The first-order chi connectivity index (χ1) is 8.26. The predicted octanol–water partition coefficient (Wildman–Crippen LogP) is 1.72. The highest BCUT2D eigenvalue weighted by molar-refractivity contribution is 7.85. The van der Waals surface area contributed by atoms with Crippen molar-refractivity contribution in [2.75, 3.05) is 26.0 Å². The minimum Gasteiger partial charge on any atom is -0.377 e. The highest BCUT2D eigenvalue weighted by Gasteiger charge is 2.34. The van der Waals surface area contributed by atoms with Gasteiger partial charge in [-0.3, -0.25) is 4.21 Å². The lowest BCUT2D eigenvalue weighted by Gasteiger charge is -2.35. The van der Waals surface area contributed by atoms with E-state index in [1.54, 1.807) is 7.11 Å². The lowest BCUT2D eigenvalue weighted by atomic mass is 9.94. The van der Waals surface area contributed by atoms with Gasteiger partial charge in [0.15, 0.2) is 0 Å². The molecule has 1 aromatic rings. The van der Waals surface area contributed by atoms with Crippen molar-refractivity contribution in [3.05, 3.63) is 30.3 Å². The third-order valence-electron chi connectivity index (χ3n) is 3.35. The lowest BCUT2D eigenvalue weighted by Crippen LogP contribution is -2.47. The average Bonchev–Trinajstić information content (AvgIpc) is 2.41. The fourth-order valence-electron chi connectivity index (χ4n) is 2.18. The number of hydrogen-bond donors (Lipinski definition) is 2. The van der Waals surface area contributed by atoms with Crippen LogP contribution in [0, 0.1) is 0 Å². The summed E-state index contributed by atoms with van der Waals surface area (Å²) in [5, 5.41) is 3.31. The van der Waals surface area contributed by atoms with Crippen molar-refractivity contribution in [1.82, 2.24) is 11.5 Å². The number of methoxy groups -OCH3 is 1. The number of benzene rings is 1. The summed E-state index contributed by atoms with van der Waals surface area (Å²) in [6.07, 6.45) is 1.87. The molecular weight excluding hydrogens is 248 g/mol. The third kappa shape index (κ3) is 3.62. The molecule has 1 saturated heterocycles. The van der Waals surface area contributed by atoms with Gasteiger partial charge in [0.05, 0.1) is 22.2 Å². The second kappa shape index (κ2) is 6.99. The van der Waals surface area contributed by atoms with E-state index in [-0.39, 0.29) is 11.8 Å². The third-order valence-corrected chi connectivity index (χ3v) is 4.93. The second-order valence-electron chi connectivity index (χ2n) is 4.44. The summed E-state index contributed by atoms with van der Waals surface area (Å²) in [6.45, 7) is 1.89. The highest BCUT2D eigenvalue weighted by atomic mass is 32.2. The summed E-state index contributed by atoms with van der Waals surface area (Å²) < 4.78 is 17.9. The average molecular weight is 270 g/mol. The van der Waals surface area contributed by atoms with E-state index in [2.05, 4.69) is 5.32 Å². The maximum Gasteiger partial charge on any atom is 0.0821 e. The van der Waals surface area contributed by atoms with Crippen LogP contribution in [0.4, 0.5) is 0 Å². The van der Waals surface area contributed by atoms with Gasteiger partial charge in [-0.25, -0.2) is 0 Å². The van der Waals surface area contributed by atoms with Gasteiger partial charge < -0.3 is 16.2 Å². The molecule has 18 heavy (non-hydrogen) atoms. The molecule has 1 aliphatic rings. The maximum atomic E-state index is 12.3. The van der Waals surface area contributed by atoms with E-state index in [1.165, 1.54) is 0 Å². The number of rotatable bonds is 4. The molecule has 1 unspecified atom stereocenters. The fraction of sp³-hybridized carbons (Fsp3) is 0.538. The zero-order valence-corrected chi connectivity index (χ0v) is 11.7. The van der Waals surface area contributed by atoms with Crippen LogP contribution in [0.2, 0.25) is 0 Å². The summed E-state index contributed by atoms with van der Waals surface area (Å²) in [4.78, 5) is 0.891. The minimum atomic E-state index is -0.973. The Bertz CT molecular complexity index is 378. The molecule has 1 aromatic carbocycles. The van der Waals surface area contributed by atoms with Crippen LogP contribution in [0.3, 0.4) is 0 Å². The minimum absolute atomic E-state index is 0. The molecule has 102 valence electrons. The first-order valence-electron chi connectivity index (χ1n) is 5.95. The lowest BCUT2D eigenvalue weighted by molar-refractivity contribution is -0.0142. The highest BCUT2D eigenvalue weighted by Crippen LogP contribution is 2.25. The molecule has 0 bridgehead atoms. The Morgan fingerprint density at radius 3 is 2.44 bits per heavy atom. The molecule has 0 amide bonds. The van der Waals surface area contributed by atoms with E-state index in [0.29, 0.717) is 5.75 Å². The summed E-state index contributed by atoms with van der Waals surface area (Å²) in [5.41, 5.74) is -0.216. The van der Waals surface area contributed by atoms with E-state index in [0.717, 1.165) is 30.8 Å².